The van der Waals surface area contributed by atoms with Crippen LogP contribution in [0.25, 0.3) is 0 Å². The Labute approximate surface area is 196 Å². The molecule has 0 radical (unpaired) electrons. The summed E-state index contributed by atoms with van der Waals surface area (Å²) in [6.07, 6.45) is -1.66. The van der Waals surface area contributed by atoms with Crippen LogP contribution in [0.4, 0.5) is 13.2 Å². The van der Waals surface area contributed by atoms with E-state index in [0.29, 0.717) is 17.4 Å². The first-order valence-corrected chi connectivity index (χ1v) is 11.3. The van der Waals surface area contributed by atoms with Crippen molar-refractivity contribution in [3.05, 3.63) is 82.6 Å². The van der Waals surface area contributed by atoms with E-state index < -0.39 is 11.7 Å². The lowest BCUT2D eigenvalue weighted by atomic mass is 9.90. The molecule has 1 aliphatic rings. The van der Waals surface area contributed by atoms with Crippen molar-refractivity contribution in [3.63, 3.8) is 0 Å². The summed E-state index contributed by atoms with van der Waals surface area (Å²) in [6.45, 7) is 6.64. The largest absolute Gasteiger partial charge is 0.492 e. The van der Waals surface area contributed by atoms with Gasteiger partial charge in [-0.1, -0.05) is 29.8 Å². The number of hydrogen-bond acceptors (Lipinski definition) is 3. The third-order valence-electron chi connectivity index (χ3n) is 5.88. The highest BCUT2D eigenvalue weighted by molar-refractivity contribution is 6.30. The van der Waals surface area contributed by atoms with Gasteiger partial charge in [0.05, 0.1) is 16.8 Å². The summed E-state index contributed by atoms with van der Waals surface area (Å²) in [4.78, 5) is 0. The van der Waals surface area contributed by atoms with E-state index >= 15 is 0 Å². The molecule has 4 nitrogen and oxygen atoms in total. The molecule has 1 fully saturated rings. The molecule has 1 saturated heterocycles. The molecule has 0 saturated carbocycles. The Morgan fingerprint density at radius 1 is 1.09 bits per heavy atom. The molecule has 1 unspecified atom stereocenters. The van der Waals surface area contributed by atoms with Crippen molar-refractivity contribution in [2.45, 2.75) is 56.9 Å². The number of aromatic nitrogens is 2. The minimum Gasteiger partial charge on any atom is -0.492 e. The van der Waals surface area contributed by atoms with Crippen LogP contribution in [0.5, 0.6) is 5.75 Å². The van der Waals surface area contributed by atoms with E-state index in [0.717, 1.165) is 29.8 Å². The van der Waals surface area contributed by atoms with Gasteiger partial charge in [-0.15, -0.1) is 0 Å². The number of alkyl halides is 3. The van der Waals surface area contributed by atoms with E-state index in [1.165, 1.54) is 0 Å². The quantitative estimate of drug-likeness (QED) is 0.451. The number of hydrogen-bond donors (Lipinski definition) is 1. The molecular weight excluding hydrogens is 451 g/mol. The summed E-state index contributed by atoms with van der Waals surface area (Å²) < 4.78 is 47.0. The van der Waals surface area contributed by atoms with Gasteiger partial charge in [0.15, 0.2) is 0 Å². The molecule has 2 aromatic carbocycles. The van der Waals surface area contributed by atoms with Gasteiger partial charge in [-0.05, 0) is 69.2 Å². The number of nitrogens with zero attached hydrogens (tertiary/aromatic N) is 2. The summed E-state index contributed by atoms with van der Waals surface area (Å²) in [5, 5.41) is 8.95. The van der Waals surface area contributed by atoms with Gasteiger partial charge >= 0.3 is 6.18 Å². The van der Waals surface area contributed by atoms with Crippen LogP contribution >= 0.6 is 11.6 Å². The molecule has 8 heteroatoms. The second-order valence-electron chi connectivity index (χ2n) is 9.43. The van der Waals surface area contributed by atoms with Gasteiger partial charge in [0.25, 0.3) is 0 Å². The average Bonchev–Trinajstić information content (AvgIpc) is 3.39. The number of ether oxygens (including phenoxy) is 1. The van der Waals surface area contributed by atoms with Gasteiger partial charge in [0.1, 0.15) is 12.4 Å². The third-order valence-corrected chi connectivity index (χ3v) is 6.11. The standard InChI is InChI=1S/C25H27ClF3N3O/c1-24(2,3)32-12-11-22(31-32)21-14-19(15-33-20-6-4-5-18(26)13-20)30-23(21)16-7-9-17(10-8-16)25(27,28)29/h4-13,19,21,23,30H,14-15H2,1-3H3/t19-,21?,23-/m0/s1. The van der Waals surface area contributed by atoms with E-state index in [4.69, 9.17) is 21.4 Å². The Bertz CT molecular complexity index is 1090. The van der Waals surface area contributed by atoms with Crippen LogP contribution in [0.1, 0.15) is 56.0 Å². The van der Waals surface area contributed by atoms with Crippen molar-refractivity contribution >= 4 is 11.6 Å². The van der Waals surface area contributed by atoms with Crippen LogP contribution in [0.15, 0.2) is 60.8 Å². The van der Waals surface area contributed by atoms with Crippen molar-refractivity contribution in [1.82, 2.24) is 15.1 Å². The van der Waals surface area contributed by atoms with E-state index in [1.807, 2.05) is 29.1 Å². The van der Waals surface area contributed by atoms with Gasteiger partial charge in [0.2, 0.25) is 0 Å². The molecule has 2 heterocycles. The van der Waals surface area contributed by atoms with Crippen LogP contribution < -0.4 is 10.1 Å². The van der Waals surface area contributed by atoms with Crippen LogP contribution in [0.2, 0.25) is 5.02 Å². The molecule has 0 spiro atoms. The van der Waals surface area contributed by atoms with Crippen LogP contribution in [0.3, 0.4) is 0 Å². The number of halogens is 4. The molecular formula is C25H27ClF3N3O. The fraction of sp³-hybridized carbons (Fsp3) is 0.400. The van der Waals surface area contributed by atoms with E-state index in [9.17, 15) is 13.2 Å². The Balaban J connectivity index is 1.57. The second kappa shape index (κ2) is 9.03. The topological polar surface area (TPSA) is 39.1 Å². The fourth-order valence-corrected chi connectivity index (χ4v) is 4.34. The summed E-state index contributed by atoms with van der Waals surface area (Å²) in [6, 6.07) is 14.4. The van der Waals surface area contributed by atoms with Gasteiger partial charge in [-0.3, -0.25) is 4.68 Å². The predicted octanol–water partition coefficient (Wildman–Crippen LogP) is 6.58. The lowest BCUT2D eigenvalue weighted by molar-refractivity contribution is -0.137. The SMILES string of the molecule is CC(C)(C)n1ccc(C2C[C@@H](COc3cccc(Cl)c3)N[C@H]2c2ccc(C(F)(F)F)cc2)n1. The fourth-order valence-electron chi connectivity index (χ4n) is 4.16. The molecule has 4 rings (SSSR count). The molecule has 0 amide bonds. The number of nitrogens with one attached hydrogen (secondary N) is 1. The first-order chi connectivity index (χ1) is 15.5. The molecule has 1 aliphatic heterocycles. The molecule has 176 valence electrons. The minimum atomic E-state index is -4.36. The number of benzene rings is 2. The minimum absolute atomic E-state index is 0.000982. The van der Waals surface area contributed by atoms with E-state index in [-0.39, 0.29) is 23.5 Å². The normalized spacial score (nSPS) is 21.4. The third kappa shape index (κ3) is 5.53. The molecule has 1 aromatic heterocycles. The lowest BCUT2D eigenvalue weighted by Crippen LogP contribution is -2.30. The van der Waals surface area contributed by atoms with Gasteiger partial charge < -0.3 is 10.1 Å². The van der Waals surface area contributed by atoms with Gasteiger partial charge in [0, 0.05) is 29.2 Å². The highest BCUT2D eigenvalue weighted by atomic mass is 35.5. The lowest BCUT2D eigenvalue weighted by Gasteiger charge is -2.21. The first kappa shape index (κ1) is 23.6. The summed E-state index contributed by atoms with van der Waals surface area (Å²) in [7, 11) is 0. The molecule has 3 atom stereocenters. The smallest absolute Gasteiger partial charge is 0.416 e. The maximum atomic E-state index is 13.1. The van der Waals surface area contributed by atoms with Crippen molar-refractivity contribution in [3.8, 4) is 5.75 Å². The van der Waals surface area contributed by atoms with Crippen LogP contribution in [0, 0.1) is 0 Å². The zero-order chi connectivity index (χ0) is 23.8. The molecule has 0 bridgehead atoms. The van der Waals surface area contributed by atoms with Gasteiger partial charge in [-0.2, -0.15) is 18.3 Å². The number of rotatable bonds is 5. The van der Waals surface area contributed by atoms with Crippen LogP contribution in [-0.2, 0) is 11.7 Å². The van der Waals surface area contributed by atoms with Crippen molar-refractivity contribution < 1.29 is 17.9 Å². The Hall–Kier alpha value is -2.51. The highest BCUT2D eigenvalue weighted by Gasteiger charge is 2.38. The summed E-state index contributed by atoms with van der Waals surface area (Å²) >= 11 is 6.04. The molecule has 1 N–H and O–H groups in total. The monoisotopic (exact) mass is 477 g/mol. The molecule has 33 heavy (non-hydrogen) atoms. The maximum absolute atomic E-state index is 13.1. The average molecular weight is 478 g/mol. The van der Waals surface area contributed by atoms with Crippen molar-refractivity contribution in [2.75, 3.05) is 6.61 Å². The van der Waals surface area contributed by atoms with Crippen molar-refractivity contribution in [2.24, 2.45) is 0 Å². The van der Waals surface area contributed by atoms with E-state index in [1.54, 1.807) is 24.3 Å². The second-order valence-corrected chi connectivity index (χ2v) is 9.86. The van der Waals surface area contributed by atoms with Crippen molar-refractivity contribution in [1.29, 1.82) is 0 Å². The van der Waals surface area contributed by atoms with Crippen LogP contribution in [-0.4, -0.2) is 22.4 Å². The zero-order valence-corrected chi connectivity index (χ0v) is 19.5. The summed E-state index contributed by atoms with van der Waals surface area (Å²) in [5.74, 6) is 0.675. The molecule has 3 aromatic rings. The summed E-state index contributed by atoms with van der Waals surface area (Å²) in [5.41, 5.74) is 0.887. The van der Waals surface area contributed by atoms with Gasteiger partial charge in [-0.25, -0.2) is 0 Å². The predicted molar refractivity (Wildman–Crippen MR) is 123 cm³/mol. The molecule has 0 aliphatic carbocycles. The first-order valence-electron chi connectivity index (χ1n) is 10.9. The Morgan fingerprint density at radius 2 is 1.82 bits per heavy atom. The maximum Gasteiger partial charge on any atom is 0.416 e. The Morgan fingerprint density at radius 3 is 2.42 bits per heavy atom. The Kier molecular flexibility index (Phi) is 6.47. The van der Waals surface area contributed by atoms with E-state index in [2.05, 4.69) is 26.1 Å². The highest BCUT2D eigenvalue weighted by Crippen LogP contribution is 2.41. The zero-order valence-electron chi connectivity index (χ0n) is 18.7.